The Hall–Kier alpha value is -3.06. The van der Waals surface area contributed by atoms with Crippen molar-refractivity contribution in [2.45, 2.75) is 30.0 Å². The lowest BCUT2D eigenvalue weighted by atomic mass is 10.0. The van der Waals surface area contributed by atoms with E-state index in [0.29, 0.717) is 18.0 Å². The van der Waals surface area contributed by atoms with Gasteiger partial charge in [-0.05, 0) is 48.7 Å². The minimum absolute atomic E-state index is 0.0362. The quantitative estimate of drug-likeness (QED) is 0.540. The van der Waals surface area contributed by atoms with Gasteiger partial charge in [-0.1, -0.05) is 18.2 Å². The Kier molecular flexibility index (Phi) is 6.42. The summed E-state index contributed by atoms with van der Waals surface area (Å²) in [6.45, 7) is 0.775. The number of hydrogen-bond acceptors (Lipinski definition) is 4. The third-order valence-electron chi connectivity index (χ3n) is 5.32. The minimum Gasteiger partial charge on any atom is -0.491 e. The Bertz CT molecular complexity index is 1140. The van der Waals surface area contributed by atoms with Gasteiger partial charge in [0.1, 0.15) is 12.4 Å². The number of para-hydroxylation sites is 1. The number of nitrogens with zero attached hydrogens (tertiary/aromatic N) is 2. The molecule has 0 saturated carbocycles. The number of aryl methyl sites for hydroxylation is 1. The smallest absolute Gasteiger partial charge is 0.246 e. The van der Waals surface area contributed by atoms with Gasteiger partial charge in [0.2, 0.25) is 11.3 Å². The van der Waals surface area contributed by atoms with Gasteiger partial charge in [-0.3, -0.25) is 9.59 Å². The summed E-state index contributed by atoms with van der Waals surface area (Å²) in [5.41, 5.74) is 2.60. The summed E-state index contributed by atoms with van der Waals surface area (Å²) < 4.78 is 20.1. The summed E-state index contributed by atoms with van der Waals surface area (Å²) in [5, 5.41) is 0. The maximum atomic E-state index is 13.2. The van der Waals surface area contributed by atoms with Crippen LogP contribution < -0.4 is 15.1 Å². The van der Waals surface area contributed by atoms with E-state index in [2.05, 4.69) is 6.07 Å². The van der Waals surface area contributed by atoms with Crippen LogP contribution in [0.5, 0.6) is 5.75 Å². The van der Waals surface area contributed by atoms with Crippen LogP contribution in [0.3, 0.4) is 0 Å². The second kappa shape index (κ2) is 9.39. The molecule has 2 heterocycles. The lowest BCUT2D eigenvalue weighted by Gasteiger charge is -2.30. The van der Waals surface area contributed by atoms with Gasteiger partial charge in [0, 0.05) is 34.6 Å². The Morgan fingerprint density at radius 1 is 1.16 bits per heavy atom. The van der Waals surface area contributed by atoms with Crippen molar-refractivity contribution in [3.8, 4) is 5.75 Å². The maximum Gasteiger partial charge on any atom is 0.246 e. The molecule has 5 nitrogen and oxygen atoms in total. The van der Waals surface area contributed by atoms with Crippen LogP contribution >= 0.6 is 11.8 Å². The van der Waals surface area contributed by atoms with Crippen LogP contribution in [0.15, 0.2) is 70.5 Å². The van der Waals surface area contributed by atoms with E-state index in [-0.39, 0.29) is 29.4 Å². The number of carbonyl (C=O) groups is 1. The Labute approximate surface area is 184 Å². The molecule has 0 bridgehead atoms. The molecule has 0 atom stereocenters. The number of thioether (sulfide) groups is 1. The lowest BCUT2D eigenvalue weighted by Crippen LogP contribution is -2.38. The number of halogens is 1. The first-order chi connectivity index (χ1) is 15.0. The Morgan fingerprint density at radius 2 is 1.94 bits per heavy atom. The molecule has 1 amide bonds. The summed E-state index contributed by atoms with van der Waals surface area (Å²) >= 11 is 1.48. The third kappa shape index (κ3) is 4.82. The maximum absolute atomic E-state index is 13.2. The number of hydrogen-bond donors (Lipinski definition) is 0. The molecular formula is C24H23FN2O3S. The van der Waals surface area contributed by atoms with E-state index in [9.17, 15) is 14.0 Å². The number of benzene rings is 2. The lowest BCUT2D eigenvalue weighted by molar-refractivity contribution is -0.119. The minimum atomic E-state index is -0.293. The van der Waals surface area contributed by atoms with Crippen molar-refractivity contribution < 1.29 is 13.9 Å². The molecule has 0 saturated heterocycles. The van der Waals surface area contributed by atoms with Gasteiger partial charge in [0.15, 0.2) is 5.75 Å². The van der Waals surface area contributed by atoms with Crippen molar-refractivity contribution in [2.75, 3.05) is 18.6 Å². The predicted octanol–water partition coefficient (Wildman–Crippen LogP) is 4.27. The second-order valence-electron chi connectivity index (χ2n) is 7.35. The van der Waals surface area contributed by atoms with Crippen molar-refractivity contribution in [3.63, 3.8) is 0 Å². The molecular weight excluding hydrogens is 415 g/mol. The van der Waals surface area contributed by atoms with Gasteiger partial charge in [0.05, 0.1) is 13.3 Å². The van der Waals surface area contributed by atoms with E-state index in [0.717, 1.165) is 23.4 Å². The molecule has 0 unspecified atom stereocenters. The van der Waals surface area contributed by atoms with Gasteiger partial charge in [-0.15, -0.1) is 11.8 Å². The fraction of sp³-hybridized carbons (Fsp3) is 0.250. The molecule has 0 aliphatic carbocycles. The van der Waals surface area contributed by atoms with Crippen LogP contribution in [0, 0.1) is 5.82 Å². The van der Waals surface area contributed by atoms with Crippen molar-refractivity contribution in [3.05, 3.63) is 88.1 Å². The average Bonchev–Trinajstić information content (AvgIpc) is 2.79. The van der Waals surface area contributed by atoms with Crippen LogP contribution in [0.1, 0.15) is 17.7 Å². The van der Waals surface area contributed by atoms with Crippen LogP contribution in [-0.4, -0.2) is 24.1 Å². The fourth-order valence-electron chi connectivity index (χ4n) is 3.73. The molecule has 2 aromatic carbocycles. The molecule has 31 heavy (non-hydrogen) atoms. The monoisotopic (exact) mass is 438 g/mol. The van der Waals surface area contributed by atoms with E-state index in [1.165, 1.54) is 42.6 Å². The van der Waals surface area contributed by atoms with Gasteiger partial charge in [-0.2, -0.15) is 0 Å². The highest BCUT2D eigenvalue weighted by Gasteiger charge is 2.23. The molecule has 4 rings (SSSR count). The average molecular weight is 439 g/mol. The SMILES string of the molecule is COc1cn(CC(=O)N2CCCc3ccccc32)c(CSc2ccc(F)cc2)cc1=O. The molecule has 160 valence electrons. The zero-order valence-corrected chi connectivity index (χ0v) is 18.0. The zero-order chi connectivity index (χ0) is 21.8. The van der Waals surface area contributed by atoms with E-state index >= 15 is 0 Å². The Balaban J connectivity index is 1.58. The topological polar surface area (TPSA) is 51.5 Å². The number of aromatic nitrogens is 1. The highest BCUT2D eigenvalue weighted by molar-refractivity contribution is 7.98. The molecule has 1 aromatic heterocycles. The second-order valence-corrected chi connectivity index (χ2v) is 8.39. The zero-order valence-electron chi connectivity index (χ0n) is 17.2. The van der Waals surface area contributed by atoms with E-state index in [4.69, 9.17) is 4.74 Å². The van der Waals surface area contributed by atoms with Crippen LogP contribution in [-0.2, 0) is 23.5 Å². The summed E-state index contributed by atoms with van der Waals surface area (Å²) in [7, 11) is 1.44. The van der Waals surface area contributed by atoms with Gasteiger partial charge in [-0.25, -0.2) is 4.39 Å². The number of pyridine rings is 1. The molecule has 0 fully saturated rings. The van der Waals surface area contributed by atoms with E-state index in [1.54, 1.807) is 22.9 Å². The van der Waals surface area contributed by atoms with Gasteiger partial charge >= 0.3 is 0 Å². The Morgan fingerprint density at radius 3 is 2.71 bits per heavy atom. The number of ether oxygens (including phenoxy) is 1. The number of amides is 1. The predicted molar refractivity (Wildman–Crippen MR) is 120 cm³/mol. The standard InChI is InChI=1S/C24H23FN2O3S/c1-30-23-14-26(15-24(29)27-12-4-6-17-5-2-3-7-21(17)27)19(13-22(23)28)16-31-20-10-8-18(25)9-11-20/h2-3,5,7-11,13-14H,4,6,12,15-16H2,1H3. The van der Waals surface area contributed by atoms with Crippen LogP contribution in [0.4, 0.5) is 10.1 Å². The first kappa shape index (κ1) is 21.2. The van der Waals surface area contributed by atoms with E-state index in [1.807, 2.05) is 23.1 Å². The number of methoxy groups -OCH3 is 1. The van der Waals surface area contributed by atoms with Crippen LogP contribution in [0.25, 0.3) is 0 Å². The first-order valence-electron chi connectivity index (χ1n) is 10.1. The molecule has 1 aliphatic heterocycles. The molecule has 0 radical (unpaired) electrons. The van der Waals surface area contributed by atoms with Crippen molar-refractivity contribution in [1.29, 1.82) is 0 Å². The number of rotatable bonds is 6. The van der Waals surface area contributed by atoms with E-state index < -0.39 is 0 Å². The normalized spacial score (nSPS) is 13.0. The van der Waals surface area contributed by atoms with Crippen molar-refractivity contribution >= 4 is 23.4 Å². The first-order valence-corrected chi connectivity index (χ1v) is 11.1. The highest BCUT2D eigenvalue weighted by atomic mass is 32.2. The molecule has 1 aliphatic rings. The molecule has 0 N–H and O–H groups in total. The largest absolute Gasteiger partial charge is 0.491 e. The summed E-state index contributed by atoms with van der Waals surface area (Å²) in [6, 6.07) is 15.7. The third-order valence-corrected chi connectivity index (χ3v) is 6.37. The molecule has 7 heteroatoms. The van der Waals surface area contributed by atoms with Gasteiger partial charge < -0.3 is 14.2 Å². The summed E-state index contributed by atoms with van der Waals surface area (Å²) in [6.07, 6.45) is 3.48. The van der Waals surface area contributed by atoms with Crippen molar-refractivity contribution in [2.24, 2.45) is 0 Å². The van der Waals surface area contributed by atoms with Gasteiger partial charge in [0.25, 0.3) is 0 Å². The summed E-state index contributed by atoms with van der Waals surface area (Å²) in [4.78, 5) is 28.3. The highest BCUT2D eigenvalue weighted by Crippen LogP contribution is 2.28. The number of carbonyl (C=O) groups excluding carboxylic acids is 1. The molecule has 0 spiro atoms. The molecule has 3 aromatic rings. The summed E-state index contributed by atoms with van der Waals surface area (Å²) in [5.74, 6) is 0.334. The number of anilines is 1. The fourth-order valence-corrected chi connectivity index (χ4v) is 4.62. The van der Waals surface area contributed by atoms with Crippen molar-refractivity contribution in [1.82, 2.24) is 4.57 Å². The number of fused-ring (bicyclic) bond motifs is 1. The van der Waals surface area contributed by atoms with Crippen LogP contribution in [0.2, 0.25) is 0 Å².